The van der Waals surface area contributed by atoms with Gasteiger partial charge >= 0.3 is 0 Å². The molecule has 2 aromatic heterocycles. The molecule has 1 aliphatic carbocycles. The lowest BCUT2D eigenvalue weighted by atomic mass is 9.96. The number of hydrogen-bond donors (Lipinski definition) is 0. The summed E-state index contributed by atoms with van der Waals surface area (Å²) in [6, 6.07) is 9.65. The molecule has 134 valence electrons. The van der Waals surface area contributed by atoms with Gasteiger partial charge in [-0.1, -0.05) is 17.3 Å². The van der Waals surface area contributed by atoms with Crippen LogP contribution in [-0.4, -0.2) is 39.8 Å². The van der Waals surface area contributed by atoms with Crippen molar-refractivity contribution in [3.8, 4) is 17.1 Å². The van der Waals surface area contributed by atoms with Crippen molar-refractivity contribution in [1.82, 2.24) is 19.9 Å². The molecule has 2 fully saturated rings. The molecule has 1 unspecified atom stereocenters. The Labute approximate surface area is 151 Å². The van der Waals surface area contributed by atoms with Gasteiger partial charge in [0.25, 0.3) is 0 Å². The molecule has 1 spiro atoms. The van der Waals surface area contributed by atoms with Gasteiger partial charge in [0.15, 0.2) is 0 Å². The van der Waals surface area contributed by atoms with Crippen LogP contribution in [0.15, 0.2) is 47.2 Å². The Morgan fingerprint density at radius 1 is 1.15 bits per heavy atom. The van der Waals surface area contributed by atoms with E-state index in [9.17, 15) is 8.42 Å². The van der Waals surface area contributed by atoms with E-state index in [0.717, 1.165) is 17.7 Å². The van der Waals surface area contributed by atoms with Crippen molar-refractivity contribution in [2.75, 3.05) is 11.5 Å². The largest absolute Gasteiger partial charge is 0.339 e. The second-order valence-corrected chi connectivity index (χ2v) is 9.50. The molecule has 5 rings (SSSR count). The highest BCUT2D eigenvalue weighted by Crippen LogP contribution is 2.64. The van der Waals surface area contributed by atoms with Crippen molar-refractivity contribution in [2.45, 2.75) is 25.2 Å². The van der Waals surface area contributed by atoms with E-state index in [1.165, 1.54) is 0 Å². The predicted octanol–water partition coefficient (Wildman–Crippen LogP) is 2.60. The van der Waals surface area contributed by atoms with Crippen LogP contribution in [0, 0.1) is 5.41 Å². The molecule has 7 nitrogen and oxygen atoms in total. The van der Waals surface area contributed by atoms with Crippen molar-refractivity contribution in [1.29, 1.82) is 0 Å². The summed E-state index contributed by atoms with van der Waals surface area (Å²) in [4.78, 5) is 4.63. The third-order valence-corrected chi connectivity index (χ3v) is 7.30. The standard InChI is InChI=1S/C18H18N4O3S/c23-26(24)10-6-18(7-11-26)12-14(18)17-20-16(21-25-17)13-4-1-2-5-15(13)22-9-3-8-19-22/h1-5,8-9,14H,6-7,10-12H2. The van der Waals surface area contributed by atoms with Crippen molar-refractivity contribution in [2.24, 2.45) is 5.41 Å². The van der Waals surface area contributed by atoms with Crippen LogP contribution in [0.1, 0.15) is 31.1 Å². The molecule has 8 heteroatoms. The summed E-state index contributed by atoms with van der Waals surface area (Å²) in [6.07, 6.45) is 5.93. The van der Waals surface area contributed by atoms with Gasteiger partial charge < -0.3 is 4.52 Å². The lowest BCUT2D eigenvalue weighted by Gasteiger charge is -2.21. The lowest BCUT2D eigenvalue weighted by molar-refractivity contribution is 0.348. The minimum absolute atomic E-state index is 0.0383. The molecule has 1 atom stereocenters. The molecule has 0 N–H and O–H groups in total. The van der Waals surface area contributed by atoms with Crippen LogP contribution < -0.4 is 0 Å². The van der Waals surface area contributed by atoms with Gasteiger partial charge in [-0.2, -0.15) is 10.1 Å². The lowest BCUT2D eigenvalue weighted by Crippen LogP contribution is -2.25. The molecule has 1 aromatic carbocycles. The number of nitrogens with zero attached hydrogens (tertiary/aromatic N) is 4. The molecule has 2 aliphatic rings. The maximum atomic E-state index is 11.7. The fraction of sp³-hybridized carbons (Fsp3) is 0.389. The smallest absolute Gasteiger partial charge is 0.230 e. The van der Waals surface area contributed by atoms with Gasteiger partial charge in [-0.3, -0.25) is 0 Å². The van der Waals surface area contributed by atoms with Crippen LogP contribution in [-0.2, 0) is 9.84 Å². The molecule has 1 saturated carbocycles. The summed E-state index contributed by atoms with van der Waals surface area (Å²) in [6.45, 7) is 0. The molecule has 0 bridgehead atoms. The summed E-state index contributed by atoms with van der Waals surface area (Å²) in [5.74, 6) is 1.88. The highest BCUT2D eigenvalue weighted by molar-refractivity contribution is 7.91. The maximum absolute atomic E-state index is 11.7. The Kier molecular flexibility index (Phi) is 3.34. The van der Waals surface area contributed by atoms with E-state index in [1.54, 1.807) is 10.9 Å². The summed E-state index contributed by atoms with van der Waals surface area (Å²) >= 11 is 0. The molecular weight excluding hydrogens is 352 g/mol. The maximum Gasteiger partial charge on any atom is 0.230 e. The Balaban J connectivity index is 1.43. The minimum atomic E-state index is -2.86. The second-order valence-electron chi connectivity index (χ2n) is 7.19. The zero-order valence-corrected chi connectivity index (χ0v) is 14.9. The van der Waals surface area contributed by atoms with E-state index in [1.807, 2.05) is 36.5 Å². The highest BCUT2D eigenvalue weighted by Gasteiger charge is 2.59. The van der Waals surface area contributed by atoms with E-state index in [4.69, 9.17) is 4.52 Å². The normalized spacial score (nSPS) is 23.2. The quantitative estimate of drug-likeness (QED) is 0.704. The van der Waals surface area contributed by atoms with Gasteiger partial charge in [0.2, 0.25) is 11.7 Å². The highest BCUT2D eigenvalue weighted by atomic mass is 32.2. The molecule has 1 saturated heterocycles. The molecular formula is C18H18N4O3S. The third kappa shape index (κ3) is 2.56. The topological polar surface area (TPSA) is 90.9 Å². The summed E-state index contributed by atoms with van der Waals surface area (Å²) in [5, 5.41) is 8.46. The van der Waals surface area contributed by atoms with Crippen LogP contribution in [0.4, 0.5) is 0 Å². The SMILES string of the molecule is O=S1(=O)CCC2(CC1)CC2c1nc(-c2ccccc2-n2cccn2)no1. The predicted molar refractivity (Wildman–Crippen MR) is 94.5 cm³/mol. The summed E-state index contributed by atoms with van der Waals surface area (Å²) in [5.41, 5.74) is 1.78. The van der Waals surface area contributed by atoms with Gasteiger partial charge in [0, 0.05) is 23.9 Å². The zero-order valence-electron chi connectivity index (χ0n) is 14.1. The average molecular weight is 370 g/mol. The first-order valence-electron chi connectivity index (χ1n) is 8.70. The Hall–Kier alpha value is -2.48. The first-order valence-corrected chi connectivity index (χ1v) is 10.5. The van der Waals surface area contributed by atoms with Crippen LogP contribution in [0.5, 0.6) is 0 Å². The van der Waals surface area contributed by atoms with Crippen LogP contribution in [0.3, 0.4) is 0 Å². The number of benzene rings is 1. The Morgan fingerprint density at radius 3 is 2.73 bits per heavy atom. The number of aromatic nitrogens is 4. The summed E-state index contributed by atoms with van der Waals surface area (Å²) < 4.78 is 30.7. The van der Waals surface area contributed by atoms with Crippen LogP contribution in [0.25, 0.3) is 17.1 Å². The van der Waals surface area contributed by atoms with Crippen molar-refractivity contribution < 1.29 is 12.9 Å². The van der Waals surface area contributed by atoms with Crippen molar-refractivity contribution in [3.63, 3.8) is 0 Å². The average Bonchev–Trinajstić information content (AvgIpc) is 3.03. The first kappa shape index (κ1) is 15.7. The Morgan fingerprint density at radius 2 is 1.96 bits per heavy atom. The number of hydrogen-bond acceptors (Lipinski definition) is 6. The number of rotatable bonds is 3. The van der Waals surface area contributed by atoms with E-state index in [0.29, 0.717) is 24.6 Å². The van der Waals surface area contributed by atoms with Crippen LogP contribution >= 0.6 is 0 Å². The van der Waals surface area contributed by atoms with E-state index >= 15 is 0 Å². The number of para-hydroxylation sites is 1. The van der Waals surface area contributed by atoms with E-state index in [2.05, 4.69) is 15.2 Å². The fourth-order valence-corrected chi connectivity index (χ4v) is 5.59. The van der Waals surface area contributed by atoms with Gasteiger partial charge in [0.1, 0.15) is 9.84 Å². The Bertz CT molecular complexity index is 1040. The van der Waals surface area contributed by atoms with Crippen LogP contribution in [0.2, 0.25) is 0 Å². The van der Waals surface area contributed by atoms with Gasteiger partial charge in [-0.15, -0.1) is 0 Å². The molecule has 0 radical (unpaired) electrons. The van der Waals surface area contributed by atoms with E-state index < -0.39 is 9.84 Å². The minimum Gasteiger partial charge on any atom is -0.339 e. The fourth-order valence-electron chi connectivity index (χ4n) is 3.95. The second kappa shape index (κ2) is 5.51. The molecule has 1 aliphatic heterocycles. The zero-order chi connectivity index (χ0) is 17.8. The van der Waals surface area contributed by atoms with Crippen molar-refractivity contribution >= 4 is 9.84 Å². The van der Waals surface area contributed by atoms with Crippen molar-refractivity contribution in [3.05, 3.63) is 48.6 Å². The molecule has 26 heavy (non-hydrogen) atoms. The van der Waals surface area contributed by atoms with Gasteiger partial charge in [-0.25, -0.2) is 13.1 Å². The molecule has 3 heterocycles. The first-order chi connectivity index (χ1) is 12.6. The third-order valence-electron chi connectivity index (χ3n) is 5.65. The van der Waals surface area contributed by atoms with E-state index in [-0.39, 0.29) is 22.8 Å². The van der Waals surface area contributed by atoms with Gasteiger partial charge in [0.05, 0.1) is 17.2 Å². The molecule has 0 amide bonds. The van der Waals surface area contributed by atoms with Gasteiger partial charge in [-0.05, 0) is 42.9 Å². The number of sulfone groups is 1. The monoisotopic (exact) mass is 370 g/mol. The summed E-state index contributed by atoms with van der Waals surface area (Å²) in [7, 11) is -2.86. The molecule has 3 aromatic rings.